The van der Waals surface area contributed by atoms with Gasteiger partial charge in [0.15, 0.2) is 0 Å². The summed E-state index contributed by atoms with van der Waals surface area (Å²) in [4.78, 5) is 0. The Morgan fingerprint density at radius 2 is 0.895 bits per heavy atom. The van der Waals surface area contributed by atoms with Crippen molar-refractivity contribution < 1.29 is 0 Å². The molecule has 1 nitrogen and oxygen atoms in total. The molecule has 1 unspecified atom stereocenters. The van der Waals surface area contributed by atoms with Crippen molar-refractivity contribution in [1.29, 1.82) is 0 Å². The fourth-order valence-corrected chi connectivity index (χ4v) is 12.4. The third-order valence-electron chi connectivity index (χ3n) is 13.3. The fourth-order valence-electron chi connectivity index (χ4n) is 12.4. The summed E-state index contributed by atoms with van der Waals surface area (Å²) in [6.45, 7) is 1.18. The summed E-state index contributed by atoms with van der Waals surface area (Å²) in [5.41, 5.74) is 6.41. The van der Waals surface area contributed by atoms with E-state index in [-0.39, 0.29) is 0 Å². The Labute approximate surface area is 230 Å². The molecule has 0 spiro atoms. The van der Waals surface area contributed by atoms with Gasteiger partial charge in [0.05, 0.1) is 0 Å². The van der Waals surface area contributed by atoms with Crippen molar-refractivity contribution in [2.24, 2.45) is 47.3 Å². The van der Waals surface area contributed by atoms with Crippen LogP contribution in [0, 0.1) is 47.3 Å². The number of benzene rings is 2. The molecule has 8 aliphatic carbocycles. The molecular formula is C37H47N. The van der Waals surface area contributed by atoms with Gasteiger partial charge < -0.3 is 5.32 Å². The fraction of sp³-hybridized carbons (Fsp3) is 0.676. The zero-order chi connectivity index (χ0) is 24.8. The molecule has 2 aromatic carbocycles. The van der Waals surface area contributed by atoms with Crippen LogP contribution in [0.4, 0.5) is 0 Å². The minimum atomic E-state index is 0.484. The Kier molecular flexibility index (Phi) is 5.45. The summed E-state index contributed by atoms with van der Waals surface area (Å²) >= 11 is 0. The van der Waals surface area contributed by atoms with Crippen molar-refractivity contribution in [3.05, 3.63) is 70.8 Å². The van der Waals surface area contributed by atoms with E-state index in [1.54, 1.807) is 35.1 Å². The summed E-state index contributed by atoms with van der Waals surface area (Å²) < 4.78 is 0. The average Bonchev–Trinajstić information content (AvgIpc) is 3.44. The van der Waals surface area contributed by atoms with Gasteiger partial charge in [0.1, 0.15) is 0 Å². The minimum Gasteiger partial charge on any atom is -0.313 e. The standard InChI is InChI=1S/C37H47N/c1-2-34(38-11-1)37(28-7-3-26(4-8-28)35-30-14-22-12-23(16-30)17-31(35)15-22)29-9-5-27(6-10-29)36-32-18-24-13-25(20-32)21-33(36)19-24/h3-10,22-25,30-38H,1-2,11-21H2. The van der Waals surface area contributed by atoms with E-state index in [0.29, 0.717) is 12.0 Å². The molecule has 0 aromatic heterocycles. The smallest absolute Gasteiger partial charge is 0.0243 e. The Morgan fingerprint density at radius 3 is 1.24 bits per heavy atom. The lowest BCUT2D eigenvalue weighted by Gasteiger charge is -2.54. The second-order valence-corrected chi connectivity index (χ2v) is 15.4. The molecule has 8 bridgehead atoms. The highest BCUT2D eigenvalue weighted by atomic mass is 14.9. The predicted octanol–water partition coefficient (Wildman–Crippen LogP) is 8.65. The minimum absolute atomic E-state index is 0.484. The van der Waals surface area contributed by atoms with E-state index in [1.165, 1.54) is 70.8 Å². The van der Waals surface area contributed by atoms with Gasteiger partial charge in [-0.1, -0.05) is 48.5 Å². The van der Waals surface area contributed by atoms with Crippen LogP contribution < -0.4 is 5.32 Å². The third kappa shape index (κ3) is 3.73. The number of rotatable bonds is 5. The maximum atomic E-state index is 3.89. The zero-order valence-electron chi connectivity index (χ0n) is 23.2. The molecule has 1 heteroatoms. The maximum Gasteiger partial charge on any atom is 0.0243 e. The highest BCUT2D eigenvalue weighted by molar-refractivity contribution is 5.40. The zero-order valence-corrected chi connectivity index (χ0v) is 23.2. The molecule has 11 rings (SSSR count). The van der Waals surface area contributed by atoms with E-state index in [2.05, 4.69) is 53.8 Å². The van der Waals surface area contributed by atoms with Crippen LogP contribution in [0.25, 0.3) is 0 Å². The molecule has 9 aliphatic rings. The third-order valence-corrected chi connectivity index (χ3v) is 13.3. The van der Waals surface area contributed by atoms with E-state index in [9.17, 15) is 0 Å². The van der Waals surface area contributed by atoms with E-state index < -0.39 is 0 Å². The van der Waals surface area contributed by atoms with E-state index in [4.69, 9.17) is 0 Å². The first-order valence-electron chi connectivity index (χ1n) is 16.7. The lowest BCUT2D eigenvalue weighted by atomic mass is 9.50. The number of hydrogen-bond acceptors (Lipinski definition) is 1. The van der Waals surface area contributed by atoms with Crippen molar-refractivity contribution in [3.63, 3.8) is 0 Å². The van der Waals surface area contributed by atoms with Crippen LogP contribution in [0.2, 0.25) is 0 Å². The molecule has 8 saturated carbocycles. The van der Waals surface area contributed by atoms with Crippen LogP contribution in [0.15, 0.2) is 48.5 Å². The van der Waals surface area contributed by atoms with Gasteiger partial charge in [-0.05, 0) is 165 Å². The molecular weight excluding hydrogens is 458 g/mol. The van der Waals surface area contributed by atoms with Crippen LogP contribution in [0.5, 0.6) is 0 Å². The first kappa shape index (κ1) is 23.1. The van der Waals surface area contributed by atoms with Crippen LogP contribution in [-0.4, -0.2) is 12.6 Å². The van der Waals surface area contributed by atoms with Crippen molar-refractivity contribution >= 4 is 0 Å². The van der Waals surface area contributed by atoms with Gasteiger partial charge in [-0.15, -0.1) is 0 Å². The quantitative estimate of drug-likeness (QED) is 0.429. The molecule has 0 radical (unpaired) electrons. The summed E-state index contributed by atoms with van der Waals surface area (Å²) in [5, 5.41) is 3.89. The Bertz CT molecular complexity index is 1010. The molecule has 0 amide bonds. The Morgan fingerprint density at radius 1 is 0.500 bits per heavy atom. The highest BCUT2D eigenvalue weighted by Gasteiger charge is 2.49. The van der Waals surface area contributed by atoms with Gasteiger partial charge in [-0.2, -0.15) is 0 Å². The Balaban J connectivity index is 0.990. The molecule has 1 N–H and O–H groups in total. The van der Waals surface area contributed by atoms with E-state index >= 15 is 0 Å². The first-order valence-corrected chi connectivity index (χ1v) is 16.7. The van der Waals surface area contributed by atoms with Crippen molar-refractivity contribution in [2.75, 3.05) is 6.54 Å². The first-order chi connectivity index (χ1) is 18.7. The van der Waals surface area contributed by atoms with Crippen LogP contribution >= 0.6 is 0 Å². The second-order valence-electron chi connectivity index (χ2n) is 15.4. The summed E-state index contributed by atoms with van der Waals surface area (Å²) in [6.07, 6.45) is 17.9. The van der Waals surface area contributed by atoms with Gasteiger partial charge in [0, 0.05) is 12.0 Å². The van der Waals surface area contributed by atoms with Crippen molar-refractivity contribution in [1.82, 2.24) is 5.32 Å². The normalized spacial score (nSPS) is 45.1. The molecule has 2 aromatic rings. The number of nitrogens with one attached hydrogen (secondary N) is 1. The molecule has 200 valence electrons. The number of hydrogen-bond donors (Lipinski definition) is 1. The second kappa shape index (κ2) is 8.95. The molecule has 1 heterocycles. The SMILES string of the molecule is c1cc(C2C3CC4CC(C3)CC2C4)ccc1C(c1ccc(C2C3CC4CC(C3)CC2C4)cc1)C1CCCN1. The highest BCUT2D eigenvalue weighted by Crippen LogP contribution is 2.61. The van der Waals surface area contributed by atoms with Gasteiger partial charge >= 0.3 is 0 Å². The van der Waals surface area contributed by atoms with Crippen LogP contribution in [0.1, 0.15) is 117 Å². The topological polar surface area (TPSA) is 12.0 Å². The molecule has 1 saturated heterocycles. The predicted molar refractivity (Wildman–Crippen MR) is 155 cm³/mol. The molecule has 9 fully saturated rings. The van der Waals surface area contributed by atoms with Gasteiger partial charge in [0.2, 0.25) is 0 Å². The summed E-state index contributed by atoms with van der Waals surface area (Å²) in [6, 6.07) is 21.0. The van der Waals surface area contributed by atoms with Gasteiger partial charge in [-0.25, -0.2) is 0 Å². The van der Waals surface area contributed by atoms with Gasteiger partial charge in [-0.3, -0.25) is 0 Å². The van der Waals surface area contributed by atoms with Crippen molar-refractivity contribution in [3.8, 4) is 0 Å². The molecule has 1 atom stereocenters. The summed E-state index contributed by atoms with van der Waals surface area (Å²) in [7, 11) is 0. The van der Waals surface area contributed by atoms with Crippen LogP contribution in [-0.2, 0) is 0 Å². The van der Waals surface area contributed by atoms with E-state index in [1.807, 2.05) is 0 Å². The molecule has 1 aliphatic heterocycles. The lowest BCUT2D eigenvalue weighted by molar-refractivity contribution is -0.00283. The molecule has 38 heavy (non-hydrogen) atoms. The summed E-state index contributed by atoms with van der Waals surface area (Å²) in [5.74, 6) is 10.3. The average molecular weight is 506 g/mol. The van der Waals surface area contributed by atoms with Gasteiger partial charge in [0.25, 0.3) is 0 Å². The van der Waals surface area contributed by atoms with E-state index in [0.717, 1.165) is 59.2 Å². The maximum absolute atomic E-state index is 3.89. The Hall–Kier alpha value is -1.60. The van der Waals surface area contributed by atoms with Crippen molar-refractivity contribution in [2.45, 2.75) is 101 Å². The lowest BCUT2D eigenvalue weighted by Crippen LogP contribution is -2.43. The monoisotopic (exact) mass is 505 g/mol. The largest absolute Gasteiger partial charge is 0.313 e. The van der Waals surface area contributed by atoms with Crippen LogP contribution in [0.3, 0.4) is 0 Å².